The summed E-state index contributed by atoms with van der Waals surface area (Å²) in [5.74, 6) is -1.91. The monoisotopic (exact) mass is 388 g/mol. The van der Waals surface area contributed by atoms with Gasteiger partial charge in [0.25, 0.3) is 5.91 Å². The van der Waals surface area contributed by atoms with Crippen molar-refractivity contribution in [1.29, 1.82) is 0 Å². The number of nitrogens with one attached hydrogen (secondary N) is 2. The van der Waals surface area contributed by atoms with Crippen molar-refractivity contribution in [1.82, 2.24) is 14.3 Å². The van der Waals surface area contributed by atoms with E-state index >= 15 is 0 Å². The first kappa shape index (κ1) is 19.4. The van der Waals surface area contributed by atoms with E-state index in [1.54, 1.807) is 13.8 Å². The molecule has 2 N–H and O–H groups in total. The molecule has 136 valence electrons. The molecule has 2 aromatic rings. The predicted molar refractivity (Wildman–Crippen MR) is 92.6 cm³/mol. The fourth-order valence-corrected chi connectivity index (χ4v) is 3.72. The molecule has 1 atom stereocenters. The average Bonchev–Trinajstić information content (AvgIpc) is 2.82. The molecule has 0 aliphatic carbocycles. The minimum Gasteiger partial charge on any atom is -0.343 e. The zero-order valence-electron chi connectivity index (χ0n) is 13.9. The molecule has 0 radical (unpaired) electrons. The maximum absolute atomic E-state index is 14.6. The summed E-state index contributed by atoms with van der Waals surface area (Å²) in [5, 5.41) is 2.62. The van der Waals surface area contributed by atoms with E-state index in [9.17, 15) is 17.6 Å². The smallest absolute Gasteiger partial charge is 0.275 e. The molecule has 1 amide bonds. The highest BCUT2D eigenvalue weighted by atomic mass is 35.5. The molecule has 10 heteroatoms. The van der Waals surface area contributed by atoms with Gasteiger partial charge in [-0.25, -0.2) is 22.5 Å². The van der Waals surface area contributed by atoms with Gasteiger partial charge in [-0.05, 0) is 25.5 Å². The second-order valence-corrected chi connectivity index (χ2v) is 7.59. The highest BCUT2D eigenvalue weighted by Crippen LogP contribution is 2.22. The first-order valence-electron chi connectivity index (χ1n) is 7.45. The Balaban J connectivity index is 2.34. The molecule has 1 unspecified atom stereocenters. The van der Waals surface area contributed by atoms with Crippen LogP contribution in [-0.4, -0.2) is 29.9 Å². The Kier molecular flexibility index (Phi) is 5.81. The number of pyridine rings is 1. The average molecular weight is 389 g/mol. The SMILES string of the molecule is CCC(C)NS(=O)(=O)c1cn(C)c(C(=O)Nc2ccnc(Cl)c2)c1F. The highest BCUT2D eigenvalue weighted by molar-refractivity contribution is 7.89. The Morgan fingerprint density at radius 1 is 1.48 bits per heavy atom. The number of amides is 1. The normalized spacial score (nSPS) is 12.8. The zero-order valence-corrected chi connectivity index (χ0v) is 15.4. The number of anilines is 1. The molecule has 0 saturated heterocycles. The Hall–Kier alpha value is -1.97. The summed E-state index contributed by atoms with van der Waals surface area (Å²) in [4.78, 5) is 15.5. The Bertz CT molecular complexity index is 898. The standard InChI is InChI=1S/C15H18ClFN4O3S/c1-4-9(2)20-25(23,24)11-8-21(3)14(13(11)17)15(22)19-10-5-6-18-12(16)7-10/h5-9,20H,4H2,1-3H3,(H,18,19,22). The molecular formula is C15H18ClFN4O3S. The summed E-state index contributed by atoms with van der Waals surface area (Å²) in [6, 6.07) is 2.51. The Morgan fingerprint density at radius 3 is 2.76 bits per heavy atom. The Labute approximate surface area is 150 Å². The summed E-state index contributed by atoms with van der Waals surface area (Å²) >= 11 is 5.73. The van der Waals surface area contributed by atoms with Gasteiger partial charge in [-0.15, -0.1) is 0 Å². The third-order valence-corrected chi connectivity index (χ3v) is 5.33. The van der Waals surface area contributed by atoms with Gasteiger partial charge in [0, 0.05) is 31.2 Å². The van der Waals surface area contributed by atoms with Crippen LogP contribution in [0.1, 0.15) is 30.8 Å². The maximum Gasteiger partial charge on any atom is 0.275 e. The van der Waals surface area contributed by atoms with Crippen LogP contribution < -0.4 is 10.0 Å². The second kappa shape index (κ2) is 7.51. The van der Waals surface area contributed by atoms with Crippen LogP contribution >= 0.6 is 11.6 Å². The van der Waals surface area contributed by atoms with Gasteiger partial charge in [-0.1, -0.05) is 18.5 Å². The number of hydrogen-bond acceptors (Lipinski definition) is 4. The summed E-state index contributed by atoms with van der Waals surface area (Å²) in [6.07, 6.45) is 2.99. The van der Waals surface area contributed by atoms with Crippen molar-refractivity contribution in [3.8, 4) is 0 Å². The molecule has 0 aliphatic heterocycles. The number of aromatic nitrogens is 2. The predicted octanol–water partition coefficient (Wildman–Crippen LogP) is 2.54. The lowest BCUT2D eigenvalue weighted by molar-refractivity contribution is 0.101. The van der Waals surface area contributed by atoms with Gasteiger partial charge in [0.05, 0.1) is 0 Å². The maximum atomic E-state index is 14.6. The number of nitrogens with zero attached hydrogens (tertiary/aromatic N) is 2. The van der Waals surface area contributed by atoms with E-state index in [2.05, 4.69) is 15.0 Å². The number of sulfonamides is 1. The van der Waals surface area contributed by atoms with E-state index in [-0.39, 0.29) is 11.2 Å². The zero-order chi connectivity index (χ0) is 18.8. The van der Waals surface area contributed by atoms with Crippen LogP contribution in [-0.2, 0) is 17.1 Å². The molecule has 0 spiro atoms. The number of halogens is 2. The van der Waals surface area contributed by atoms with Gasteiger partial charge in [0.1, 0.15) is 15.7 Å². The number of carbonyl (C=O) groups is 1. The number of rotatable bonds is 6. The summed E-state index contributed by atoms with van der Waals surface area (Å²) in [5.41, 5.74) is -0.0924. The van der Waals surface area contributed by atoms with E-state index in [0.717, 1.165) is 10.8 Å². The number of hydrogen-bond donors (Lipinski definition) is 2. The van der Waals surface area contributed by atoms with Gasteiger partial charge in [-0.2, -0.15) is 0 Å². The van der Waals surface area contributed by atoms with Gasteiger partial charge in [0.15, 0.2) is 5.82 Å². The van der Waals surface area contributed by atoms with E-state index in [1.165, 1.54) is 25.4 Å². The summed E-state index contributed by atoms with van der Waals surface area (Å²) in [7, 11) is -2.69. The van der Waals surface area contributed by atoms with Crippen LogP contribution in [0.4, 0.5) is 10.1 Å². The van der Waals surface area contributed by atoms with E-state index in [1.807, 2.05) is 0 Å². The molecule has 0 aliphatic rings. The van der Waals surface area contributed by atoms with E-state index in [0.29, 0.717) is 12.1 Å². The number of carbonyl (C=O) groups excluding carboxylic acids is 1. The largest absolute Gasteiger partial charge is 0.343 e. The van der Waals surface area contributed by atoms with Crippen molar-refractivity contribution in [2.75, 3.05) is 5.32 Å². The molecule has 0 saturated carbocycles. The van der Waals surface area contributed by atoms with Crippen molar-refractivity contribution >= 4 is 33.2 Å². The van der Waals surface area contributed by atoms with Crippen LogP contribution in [0.5, 0.6) is 0 Å². The minimum atomic E-state index is -4.07. The summed E-state index contributed by atoms with van der Waals surface area (Å²) < 4.78 is 42.7. The van der Waals surface area contributed by atoms with Gasteiger partial charge in [0.2, 0.25) is 10.0 Å². The Morgan fingerprint density at radius 2 is 2.16 bits per heavy atom. The third-order valence-electron chi connectivity index (χ3n) is 3.55. The third kappa shape index (κ3) is 4.36. The molecule has 2 rings (SSSR count). The topological polar surface area (TPSA) is 93.1 Å². The first-order chi connectivity index (χ1) is 11.7. The molecule has 7 nitrogen and oxygen atoms in total. The van der Waals surface area contributed by atoms with Crippen LogP contribution in [0.2, 0.25) is 5.15 Å². The molecular weight excluding hydrogens is 371 g/mol. The van der Waals surface area contributed by atoms with Crippen LogP contribution in [0.3, 0.4) is 0 Å². The minimum absolute atomic E-state index is 0.158. The lowest BCUT2D eigenvalue weighted by atomic mass is 10.3. The molecule has 2 heterocycles. The van der Waals surface area contributed by atoms with Crippen LogP contribution in [0, 0.1) is 5.82 Å². The van der Waals surface area contributed by atoms with E-state index in [4.69, 9.17) is 11.6 Å². The van der Waals surface area contributed by atoms with Gasteiger partial charge >= 0.3 is 0 Å². The van der Waals surface area contributed by atoms with Crippen molar-refractivity contribution in [2.45, 2.75) is 31.2 Å². The summed E-state index contributed by atoms with van der Waals surface area (Å²) in [6.45, 7) is 3.46. The highest BCUT2D eigenvalue weighted by Gasteiger charge is 2.29. The quantitative estimate of drug-likeness (QED) is 0.743. The van der Waals surface area contributed by atoms with Gasteiger partial charge in [-0.3, -0.25) is 4.79 Å². The molecule has 0 fully saturated rings. The fourth-order valence-electron chi connectivity index (χ4n) is 2.10. The fraction of sp³-hybridized carbons (Fsp3) is 0.333. The molecule has 0 bridgehead atoms. The molecule has 0 aromatic carbocycles. The van der Waals surface area contributed by atoms with E-state index < -0.39 is 32.3 Å². The lowest BCUT2D eigenvalue weighted by Crippen LogP contribution is -2.32. The number of aryl methyl sites for hydroxylation is 1. The van der Waals surface area contributed by atoms with Crippen molar-refractivity contribution in [3.63, 3.8) is 0 Å². The lowest BCUT2D eigenvalue weighted by Gasteiger charge is -2.10. The van der Waals surface area contributed by atoms with Crippen molar-refractivity contribution in [2.24, 2.45) is 7.05 Å². The second-order valence-electron chi connectivity index (χ2n) is 5.52. The molecule has 2 aromatic heterocycles. The first-order valence-corrected chi connectivity index (χ1v) is 9.32. The van der Waals surface area contributed by atoms with Crippen LogP contribution in [0.25, 0.3) is 0 Å². The van der Waals surface area contributed by atoms with Crippen molar-refractivity contribution < 1.29 is 17.6 Å². The van der Waals surface area contributed by atoms with Gasteiger partial charge < -0.3 is 9.88 Å². The molecule has 25 heavy (non-hydrogen) atoms. The van der Waals surface area contributed by atoms with Crippen molar-refractivity contribution in [3.05, 3.63) is 41.2 Å². The van der Waals surface area contributed by atoms with Crippen LogP contribution in [0.15, 0.2) is 29.4 Å².